The number of nitrogens with one attached hydrogen (secondary N) is 2. The standard InChI is InChI=1S/C22H25N3O2/c1-2-27-17-11-9-16(10-12-17)18-7-6-8-20-19(18)15-21(23-20)22(26)24-25-13-4-3-5-14-25/h6-12,15,23H,2-5,13-14H2,1H3,(H,24,26). The molecule has 4 rings (SSSR count). The Bertz CT molecular complexity index is 924. The first kappa shape index (κ1) is 17.6. The number of hydrogen-bond acceptors (Lipinski definition) is 3. The Labute approximate surface area is 159 Å². The van der Waals surface area contributed by atoms with Gasteiger partial charge < -0.3 is 9.72 Å². The first-order valence-electron chi connectivity index (χ1n) is 9.65. The van der Waals surface area contributed by atoms with Crippen LogP contribution in [0.5, 0.6) is 5.75 Å². The lowest BCUT2D eigenvalue weighted by Crippen LogP contribution is -2.45. The summed E-state index contributed by atoms with van der Waals surface area (Å²) in [6, 6.07) is 16.1. The van der Waals surface area contributed by atoms with Crippen molar-refractivity contribution in [3.63, 3.8) is 0 Å². The third-order valence-corrected chi connectivity index (χ3v) is 5.00. The van der Waals surface area contributed by atoms with E-state index in [1.54, 1.807) is 0 Å². The molecule has 2 heterocycles. The van der Waals surface area contributed by atoms with Crippen LogP contribution in [0.15, 0.2) is 48.5 Å². The zero-order chi connectivity index (χ0) is 18.6. The maximum absolute atomic E-state index is 12.6. The minimum atomic E-state index is -0.0780. The Hall–Kier alpha value is -2.79. The molecule has 1 saturated heterocycles. The summed E-state index contributed by atoms with van der Waals surface area (Å²) in [6.45, 7) is 4.47. The Kier molecular flexibility index (Phi) is 5.12. The molecular weight excluding hydrogens is 338 g/mol. The van der Waals surface area contributed by atoms with E-state index in [1.807, 2.05) is 42.3 Å². The van der Waals surface area contributed by atoms with Crippen molar-refractivity contribution in [2.24, 2.45) is 0 Å². The predicted octanol–water partition coefficient (Wildman–Crippen LogP) is 4.36. The first-order chi connectivity index (χ1) is 13.2. The average molecular weight is 363 g/mol. The minimum Gasteiger partial charge on any atom is -0.494 e. The summed E-state index contributed by atoms with van der Waals surface area (Å²) in [4.78, 5) is 15.9. The van der Waals surface area contributed by atoms with Gasteiger partial charge in [-0.2, -0.15) is 0 Å². The van der Waals surface area contributed by atoms with E-state index in [4.69, 9.17) is 4.74 Å². The van der Waals surface area contributed by atoms with Gasteiger partial charge in [0.25, 0.3) is 5.91 Å². The van der Waals surface area contributed by atoms with Gasteiger partial charge >= 0.3 is 0 Å². The van der Waals surface area contributed by atoms with Crippen LogP contribution in [-0.4, -0.2) is 35.6 Å². The van der Waals surface area contributed by atoms with Crippen molar-refractivity contribution in [3.05, 3.63) is 54.2 Å². The molecule has 1 aromatic heterocycles. The molecule has 1 aliphatic rings. The Morgan fingerprint density at radius 1 is 1.11 bits per heavy atom. The monoisotopic (exact) mass is 363 g/mol. The van der Waals surface area contributed by atoms with Crippen LogP contribution in [0.25, 0.3) is 22.0 Å². The van der Waals surface area contributed by atoms with E-state index in [-0.39, 0.29) is 5.91 Å². The lowest BCUT2D eigenvalue weighted by atomic mass is 10.0. The van der Waals surface area contributed by atoms with Crippen LogP contribution in [0, 0.1) is 0 Å². The van der Waals surface area contributed by atoms with Crippen molar-refractivity contribution in [3.8, 4) is 16.9 Å². The van der Waals surface area contributed by atoms with E-state index in [9.17, 15) is 4.79 Å². The second-order valence-corrected chi connectivity index (χ2v) is 6.90. The summed E-state index contributed by atoms with van der Waals surface area (Å²) in [5.41, 5.74) is 6.78. The van der Waals surface area contributed by atoms with Gasteiger partial charge in [-0.15, -0.1) is 0 Å². The van der Waals surface area contributed by atoms with E-state index in [0.29, 0.717) is 12.3 Å². The fourth-order valence-electron chi connectivity index (χ4n) is 3.64. The maximum atomic E-state index is 12.6. The molecule has 1 amide bonds. The average Bonchev–Trinajstić information content (AvgIpc) is 3.14. The molecule has 0 aliphatic carbocycles. The van der Waals surface area contributed by atoms with Crippen molar-refractivity contribution < 1.29 is 9.53 Å². The van der Waals surface area contributed by atoms with E-state index < -0.39 is 0 Å². The number of H-pyrrole nitrogens is 1. The van der Waals surface area contributed by atoms with Crippen LogP contribution in [0.3, 0.4) is 0 Å². The number of benzene rings is 2. The molecule has 3 aromatic rings. The van der Waals surface area contributed by atoms with Gasteiger partial charge in [-0.1, -0.05) is 30.7 Å². The molecule has 0 unspecified atom stereocenters. The van der Waals surface area contributed by atoms with Gasteiger partial charge in [-0.05, 0) is 55.2 Å². The SMILES string of the molecule is CCOc1ccc(-c2cccc3[nH]c(C(=O)NN4CCCCC4)cc23)cc1. The highest BCUT2D eigenvalue weighted by Gasteiger charge is 2.16. The predicted molar refractivity (Wildman–Crippen MR) is 108 cm³/mol. The van der Waals surface area contributed by atoms with Crippen LogP contribution >= 0.6 is 0 Å². The number of carbonyl (C=O) groups excluding carboxylic acids is 1. The van der Waals surface area contributed by atoms with Crippen molar-refractivity contribution >= 4 is 16.8 Å². The molecule has 0 saturated carbocycles. The number of hydrazine groups is 1. The fourth-order valence-corrected chi connectivity index (χ4v) is 3.64. The number of aromatic amines is 1. The molecule has 2 aromatic carbocycles. The largest absolute Gasteiger partial charge is 0.494 e. The van der Waals surface area contributed by atoms with Crippen LogP contribution in [-0.2, 0) is 0 Å². The molecule has 0 atom stereocenters. The number of amides is 1. The summed E-state index contributed by atoms with van der Waals surface area (Å²) < 4.78 is 5.53. The third-order valence-electron chi connectivity index (χ3n) is 5.00. The number of piperidine rings is 1. The molecule has 0 bridgehead atoms. The normalized spacial score (nSPS) is 15.0. The number of fused-ring (bicyclic) bond motifs is 1. The van der Waals surface area contributed by atoms with Gasteiger partial charge in [-0.25, -0.2) is 5.01 Å². The van der Waals surface area contributed by atoms with Crippen LogP contribution in [0.1, 0.15) is 36.7 Å². The van der Waals surface area contributed by atoms with Gasteiger partial charge in [0, 0.05) is 24.0 Å². The second-order valence-electron chi connectivity index (χ2n) is 6.90. The zero-order valence-electron chi connectivity index (χ0n) is 15.6. The zero-order valence-corrected chi connectivity index (χ0v) is 15.6. The molecule has 1 aliphatic heterocycles. The second kappa shape index (κ2) is 7.84. The summed E-state index contributed by atoms with van der Waals surface area (Å²) in [5.74, 6) is 0.787. The lowest BCUT2D eigenvalue weighted by Gasteiger charge is -2.26. The number of rotatable bonds is 5. The summed E-state index contributed by atoms with van der Waals surface area (Å²) in [6.07, 6.45) is 3.51. The molecule has 0 spiro atoms. The molecule has 1 fully saturated rings. The molecule has 5 heteroatoms. The molecule has 27 heavy (non-hydrogen) atoms. The lowest BCUT2D eigenvalue weighted by molar-refractivity contribution is 0.0745. The number of carbonyl (C=O) groups is 1. The topological polar surface area (TPSA) is 57.4 Å². The molecule has 140 valence electrons. The van der Waals surface area contributed by atoms with E-state index in [0.717, 1.165) is 53.7 Å². The molecule has 0 radical (unpaired) electrons. The van der Waals surface area contributed by atoms with Crippen molar-refractivity contribution in [1.82, 2.24) is 15.4 Å². The van der Waals surface area contributed by atoms with Gasteiger partial charge in [-0.3, -0.25) is 10.2 Å². The van der Waals surface area contributed by atoms with Crippen molar-refractivity contribution in [2.45, 2.75) is 26.2 Å². The highest BCUT2D eigenvalue weighted by molar-refractivity contribution is 6.02. The first-order valence-corrected chi connectivity index (χ1v) is 9.65. The van der Waals surface area contributed by atoms with E-state index in [1.165, 1.54) is 6.42 Å². The number of ether oxygens (including phenoxy) is 1. The molecular formula is C22H25N3O2. The van der Waals surface area contributed by atoms with Gasteiger partial charge in [0.2, 0.25) is 0 Å². The maximum Gasteiger partial charge on any atom is 0.282 e. The quantitative estimate of drug-likeness (QED) is 0.708. The Morgan fingerprint density at radius 2 is 1.89 bits per heavy atom. The molecule has 2 N–H and O–H groups in total. The van der Waals surface area contributed by atoms with Crippen LogP contribution in [0.4, 0.5) is 0 Å². The minimum absolute atomic E-state index is 0.0780. The van der Waals surface area contributed by atoms with Crippen molar-refractivity contribution in [2.75, 3.05) is 19.7 Å². The molecule has 5 nitrogen and oxygen atoms in total. The smallest absolute Gasteiger partial charge is 0.282 e. The summed E-state index contributed by atoms with van der Waals surface area (Å²) in [7, 11) is 0. The van der Waals surface area contributed by atoms with E-state index in [2.05, 4.69) is 28.6 Å². The number of hydrogen-bond donors (Lipinski definition) is 2. The summed E-state index contributed by atoms with van der Waals surface area (Å²) in [5, 5.41) is 3.07. The highest BCUT2D eigenvalue weighted by atomic mass is 16.5. The highest BCUT2D eigenvalue weighted by Crippen LogP contribution is 2.30. The number of aromatic nitrogens is 1. The third kappa shape index (κ3) is 3.83. The van der Waals surface area contributed by atoms with Gasteiger partial charge in [0.1, 0.15) is 11.4 Å². The van der Waals surface area contributed by atoms with Crippen molar-refractivity contribution in [1.29, 1.82) is 0 Å². The van der Waals surface area contributed by atoms with Crippen LogP contribution < -0.4 is 10.2 Å². The fraction of sp³-hybridized carbons (Fsp3) is 0.318. The Morgan fingerprint density at radius 3 is 2.63 bits per heavy atom. The van der Waals surface area contributed by atoms with Gasteiger partial charge in [0.15, 0.2) is 0 Å². The van der Waals surface area contributed by atoms with Gasteiger partial charge in [0.05, 0.1) is 6.61 Å². The number of nitrogens with zero attached hydrogens (tertiary/aromatic N) is 1. The summed E-state index contributed by atoms with van der Waals surface area (Å²) >= 11 is 0. The van der Waals surface area contributed by atoms with E-state index >= 15 is 0 Å². The Balaban J connectivity index is 1.60. The van der Waals surface area contributed by atoms with Crippen LogP contribution in [0.2, 0.25) is 0 Å².